The van der Waals surface area contributed by atoms with Crippen molar-refractivity contribution in [3.05, 3.63) is 88.1 Å². The van der Waals surface area contributed by atoms with Crippen LogP contribution in [0.4, 0.5) is 0 Å². The second kappa shape index (κ2) is 11.4. The molecule has 28 heavy (non-hydrogen) atoms. The average molecular weight is 437 g/mol. The van der Waals surface area contributed by atoms with E-state index in [4.69, 9.17) is 4.74 Å². The molecule has 0 spiro atoms. The van der Waals surface area contributed by atoms with Gasteiger partial charge in [0.25, 0.3) is 0 Å². The van der Waals surface area contributed by atoms with Gasteiger partial charge in [-0.05, 0) is 23.1 Å². The molecule has 0 aliphatic carbocycles. The Balaban J connectivity index is 0.00000140. The van der Waals surface area contributed by atoms with Crippen LogP contribution in [0.2, 0.25) is 0 Å². The highest BCUT2D eigenvalue weighted by Crippen LogP contribution is 2.37. The van der Waals surface area contributed by atoms with Crippen LogP contribution in [0.5, 0.6) is 5.75 Å². The van der Waals surface area contributed by atoms with Gasteiger partial charge < -0.3 is 10.1 Å². The SMILES string of the molecule is Cl.Cl.c1ccc(COc2ccccc2[C@@H](c2cccs2)N2CCNCC2)cc1. The molecular weight excluding hydrogens is 411 g/mol. The van der Waals surface area contributed by atoms with Crippen LogP contribution < -0.4 is 10.1 Å². The highest BCUT2D eigenvalue weighted by atomic mass is 35.5. The second-order valence-corrected chi connectivity index (χ2v) is 7.50. The molecule has 1 aliphatic rings. The Morgan fingerprint density at radius 1 is 0.893 bits per heavy atom. The maximum Gasteiger partial charge on any atom is 0.124 e. The first-order valence-electron chi connectivity index (χ1n) is 9.15. The number of thiophene rings is 1. The quantitative estimate of drug-likeness (QED) is 0.576. The fraction of sp³-hybridized carbons (Fsp3) is 0.273. The lowest BCUT2D eigenvalue weighted by Crippen LogP contribution is -2.45. The van der Waals surface area contributed by atoms with Crippen molar-refractivity contribution in [1.82, 2.24) is 10.2 Å². The molecule has 1 aliphatic heterocycles. The van der Waals surface area contributed by atoms with E-state index >= 15 is 0 Å². The molecule has 2 aromatic carbocycles. The number of piperazine rings is 1. The smallest absolute Gasteiger partial charge is 0.124 e. The molecule has 1 N–H and O–H groups in total. The van der Waals surface area contributed by atoms with Gasteiger partial charge in [0.1, 0.15) is 12.4 Å². The van der Waals surface area contributed by atoms with Gasteiger partial charge in [-0.25, -0.2) is 0 Å². The minimum absolute atomic E-state index is 0. The van der Waals surface area contributed by atoms with Crippen molar-refractivity contribution in [3.8, 4) is 5.75 Å². The van der Waals surface area contributed by atoms with Crippen molar-refractivity contribution >= 4 is 36.2 Å². The number of benzene rings is 2. The zero-order chi connectivity index (χ0) is 17.6. The number of para-hydroxylation sites is 1. The summed E-state index contributed by atoms with van der Waals surface area (Å²) in [5.41, 5.74) is 2.45. The Morgan fingerprint density at radius 3 is 2.32 bits per heavy atom. The summed E-state index contributed by atoms with van der Waals surface area (Å²) >= 11 is 1.83. The fourth-order valence-electron chi connectivity index (χ4n) is 3.49. The van der Waals surface area contributed by atoms with Crippen LogP contribution in [-0.4, -0.2) is 31.1 Å². The molecule has 0 saturated carbocycles. The van der Waals surface area contributed by atoms with Crippen molar-refractivity contribution in [3.63, 3.8) is 0 Å². The molecule has 1 atom stereocenters. The fourth-order valence-corrected chi connectivity index (χ4v) is 4.37. The molecule has 0 bridgehead atoms. The summed E-state index contributed by atoms with van der Waals surface area (Å²) in [6.07, 6.45) is 0. The van der Waals surface area contributed by atoms with Crippen LogP contribution in [0, 0.1) is 0 Å². The lowest BCUT2D eigenvalue weighted by Gasteiger charge is -2.35. The number of hydrogen-bond acceptors (Lipinski definition) is 4. The second-order valence-electron chi connectivity index (χ2n) is 6.52. The first-order valence-corrected chi connectivity index (χ1v) is 10.0. The van der Waals surface area contributed by atoms with Gasteiger partial charge in [-0.1, -0.05) is 54.6 Å². The molecule has 0 radical (unpaired) electrons. The van der Waals surface area contributed by atoms with Gasteiger partial charge in [-0.3, -0.25) is 4.90 Å². The Bertz CT molecular complexity index is 808. The van der Waals surface area contributed by atoms with Gasteiger partial charge in [-0.15, -0.1) is 36.2 Å². The Kier molecular flexibility index (Phi) is 9.29. The summed E-state index contributed by atoms with van der Waals surface area (Å²) < 4.78 is 6.26. The third-order valence-electron chi connectivity index (χ3n) is 4.78. The minimum atomic E-state index is 0. The Hall–Kier alpha value is -1.56. The van der Waals surface area contributed by atoms with Crippen molar-refractivity contribution in [2.45, 2.75) is 12.6 Å². The topological polar surface area (TPSA) is 24.5 Å². The van der Waals surface area contributed by atoms with E-state index in [0.29, 0.717) is 6.61 Å². The predicted molar refractivity (Wildman–Crippen MR) is 122 cm³/mol. The molecule has 3 nitrogen and oxygen atoms in total. The summed E-state index contributed by atoms with van der Waals surface area (Å²) in [7, 11) is 0. The molecule has 0 amide bonds. The number of ether oxygens (including phenoxy) is 1. The van der Waals surface area contributed by atoms with E-state index < -0.39 is 0 Å². The Labute approximate surface area is 183 Å². The largest absolute Gasteiger partial charge is 0.489 e. The lowest BCUT2D eigenvalue weighted by molar-refractivity contribution is 0.195. The summed E-state index contributed by atoms with van der Waals surface area (Å²) in [5, 5.41) is 5.62. The molecular formula is C22H26Cl2N2OS. The highest BCUT2D eigenvalue weighted by molar-refractivity contribution is 7.10. The van der Waals surface area contributed by atoms with Gasteiger partial charge in [0, 0.05) is 36.6 Å². The van der Waals surface area contributed by atoms with Gasteiger partial charge in [0.2, 0.25) is 0 Å². The van der Waals surface area contributed by atoms with Crippen LogP contribution in [0.15, 0.2) is 72.1 Å². The molecule has 1 aromatic heterocycles. The summed E-state index contributed by atoms with van der Waals surface area (Å²) in [5.74, 6) is 0.980. The van der Waals surface area contributed by atoms with Crippen LogP contribution in [-0.2, 0) is 6.61 Å². The van der Waals surface area contributed by atoms with Gasteiger partial charge in [-0.2, -0.15) is 0 Å². The predicted octanol–water partition coefficient (Wildman–Crippen LogP) is 5.17. The van der Waals surface area contributed by atoms with E-state index in [0.717, 1.165) is 31.9 Å². The van der Waals surface area contributed by atoms with Crippen LogP contribution in [0.25, 0.3) is 0 Å². The Morgan fingerprint density at radius 2 is 1.61 bits per heavy atom. The average Bonchev–Trinajstić information content (AvgIpc) is 3.23. The minimum Gasteiger partial charge on any atom is -0.489 e. The maximum absolute atomic E-state index is 6.26. The molecule has 3 aromatic rings. The standard InChI is InChI=1S/C22H24N2OS.2ClH/c1-2-7-18(8-3-1)17-25-20-10-5-4-9-19(20)22(21-11-6-16-26-21)24-14-12-23-13-15-24;;/h1-11,16,22-23H,12-15,17H2;2*1H/t22-;;/m0../s1. The summed E-state index contributed by atoms with van der Waals surface area (Å²) in [4.78, 5) is 3.94. The van der Waals surface area contributed by atoms with Gasteiger partial charge in [0.15, 0.2) is 0 Å². The number of nitrogens with zero attached hydrogens (tertiary/aromatic N) is 1. The number of nitrogens with one attached hydrogen (secondary N) is 1. The zero-order valence-electron chi connectivity index (χ0n) is 15.6. The number of rotatable bonds is 6. The third-order valence-corrected chi connectivity index (χ3v) is 5.70. The van der Waals surface area contributed by atoms with E-state index in [1.54, 1.807) is 0 Å². The van der Waals surface area contributed by atoms with Crippen molar-refractivity contribution in [2.24, 2.45) is 0 Å². The van der Waals surface area contributed by atoms with E-state index in [9.17, 15) is 0 Å². The van der Waals surface area contributed by atoms with E-state index in [-0.39, 0.29) is 30.9 Å². The highest BCUT2D eigenvalue weighted by Gasteiger charge is 2.27. The molecule has 6 heteroatoms. The maximum atomic E-state index is 6.26. The van der Waals surface area contributed by atoms with E-state index in [2.05, 4.69) is 76.3 Å². The number of halogens is 2. The molecule has 4 rings (SSSR count). The van der Waals surface area contributed by atoms with Crippen LogP contribution in [0.1, 0.15) is 22.0 Å². The first-order chi connectivity index (χ1) is 12.9. The third kappa shape index (κ3) is 5.49. The normalized spacial score (nSPS) is 15.1. The van der Waals surface area contributed by atoms with E-state index in [1.165, 1.54) is 16.0 Å². The van der Waals surface area contributed by atoms with Crippen LogP contribution >= 0.6 is 36.2 Å². The molecule has 0 unspecified atom stereocenters. The zero-order valence-corrected chi connectivity index (χ0v) is 18.1. The van der Waals surface area contributed by atoms with Gasteiger partial charge >= 0.3 is 0 Å². The van der Waals surface area contributed by atoms with Crippen LogP contribution in [0.3, 0.4) is 0 Å². The molecule has 1 fully saturated rings. The van der Waals surface area contributed by atoms with Crippen molar-refractivity contribution in [2.75, 3.05) is 26.2 Å². The molecule has 2 heterocycles. The monoisotopic (exact) mass is 436 g/mol. The van der Waals surface area contributed by atoms with Gasteiger partial charge in [0.05, 0.1) is 6.04 Å². The first kappa shape index (κ1) is 22.7. The van der Waals surface area contributed by atoms with E-state index in [1.807, 2.05) is 17.4 Å². The molecule has 150 valence electrons. The number of hydrogen-bond donors (Lipinski definition) is 1. The van der Waals surface area contributed by atoms with Crippen molar-refractivity contribution < 1.29 is 4.74 Å². The summed E-state index contributed by atoms with van der Waals surface area (Å²) in [6, 6.07) is 23.5. The van der Waals surface area contributed by atoms with Crippen molar-refractivity contribution in [1.29, 1.82) is 0 Å². The molecule has 1 saturated heterocycles. The lowest BCUT2D eigenvalue weighted by atomic mass is 10.0. The summed E-state index contributed by atoms with van der Waals surface area (Å²) in [6.45, 7) is 4.77.